The number of aryl methyl sites for hydroxylation is 1. The Balaban J connectivity index is 0.00000196. The highest BCUT2D eigenvalue weighted by Crippen LogP contribution is 2.28. The summed E-state index contributed by atoms with van der Waals surface area (Å²) in [7, 11) is 0. The van der Waals surface area contributed by atoms with Gasteiger partial charge in [0.1, 0.15) is 11.5 Å². The molecule has 0 spiro atoms. The second-order valence-corrected chi connectivity index (χ2v) is 7.09. The number of halogens is 2. The van der Waals surface area contributed by atoms with E-state index in [4.69, 9.17) is 4.74 Å². The van der Waals surface area contributed by atoms with E-state index in [-0.39, 0.29) is 30.7 Å². The molecule has 154 valence electrons. The second-order valence-electron chi connectivity index (χ2n) is 7.09. The Morgan fingerprint density at radius 3 is 2.68 bits per heavy atom. The molecule has 1 fully saturated rings. The van der Waals surface area contributed by atoms with Crippen molar-refractivity contribution in [1.82, 2.24) is 10.3 Å². The molecule has 1 unspecified atom stereocenters. The third-order valence-corrected chi connectivity index (χ3v) is 5.02. The summed E-state index contributed by atoms with van der Waals surface area (Å²) in [4.78, 5) is 16.4. The quantitative estimate of drug-likeness (QED) is 0.683. The molecule has 0 bridgehead atoms. The van der Waals surface area contributed by atoms with Crippen molar-refractivity contribution in [3.63, 3.8) is 0 Å². The van der Waals surface area contributed by atoms with Gasteiger partial charge in [0.05, 0.1) is 6.20 Å². The fraction of sp³-hybridized carbons (Fsp3) is 0.429. The van der Waals surface area contributed by atoms with Crippen LogP contribution in [-0.2, 0) is 4.79 Å². The molecule has 0 aliphatic carbocycles. The first-order chi connectivity index (χ1) is 12.6. The molecule has 1 aliphatic heterocycles. The molecule has 7 heteroatoms. The number of amides is 1. The zero-order chi connectivity index (χ0) is 18.4. The van der Waals surface area contributed by atoms with Gasteiger partial charge in [-0.2, -0.15) is 0 Å². The highest BCUT2D eigenvalue weighted by Gasteiger charge is 2.22. The van der Waals surface area contributed by atoms with Crippen LogP contribution in [0.5, 0.6) is 11.5 Å². The molecule has 0 radical (unpaired) electrons. The van der Waals surface area contributed by atoms with Gasteiger partial charge in [-0.05, 0) is 80.6 Å². The zero-order valence-corrected chi connectivity index (χ0v) is 17.9. The normalized spacial score (nSPS) is 14.9. The predicted molar refractivity (Wildman–Crippen MR) is 118 cm³/mol. The summed E-state index contributed by atoms with van der Waals surface area (Å²) in [5, 5.41) is 6.40. The first kappa shape index (κ1) is 24.2. The number of carbonyl (C=O) groups excluding carboxylic acids is 1. The third-order valence-electron chi connectivity index (χ3n) is 5.02. The number of benzene rings is 1. The van der Waals surface area contributed by atoms with Gasteiger partial charge < -0.3 is 15.4 Å². The van der Waals surface area contributed by atoms with E-state index in [0.717, 1.165) is 42.9 Å². The topological polar surface area (TPSA) is 63.2 Å². The summed E-state index contributed by atoms with van der Waals surface area (Å²) in [6.07, 6.45) is 6.28. The second kappa shape index (κ2) is 11.9. The molecule has 28 heavy (non-hydrogen) atoms. The molecule has 0 saturated carbocycles. The standard InChI is InChI=1S/C21H27N3O2.2ClH/c1-15(17-7-10-22-11-8-17)13-21(25)24-18-5-6-20(16(2)12-18)26-19-4-3-9-23-14-19;;/h3-6,9,12,14-15,17,22H,7-8,10-11,13H2,1-2H3,(H,24,25);2*1H. The van der Waals surface area contributed by atoms with Crippen LogP contribution in [0.3, 0.4) is 0 Å². The maximum atomic E-state index is 12.4. The van der Waals surface area contributed by atoms with Crippen LogP contribution in [-0.4, -0.2) is 24.0 Å². The molecule has 2 heterocycles. The Morgan fingerprint density at radius 2 is 2.04 bits per heavy atom. The van der Waals surface area contributed by atoms with E-state index < -0.39 is 0 Å². The third kappa shape index (κ3) is 6.97. The number of carbonyl (C=O) groups is 1. The fourth-order valence-electron chi connectivity index (χ4n) is 3.46. The van der Waals surface area contributed by atoms with Crippen LogP contribution in [0.15, 0.2) is 42.7 Å². The van der Waals surface area contributed by atoms with Gasteiger partial charge in [-0.15, -0.1) is 24.8 Å². The molecule has 1 aromatic heterocycles. The van der Waals surface area contributed by atoms with Crippen LogP contribution < -0.4 is 15.4 Å². The minimum Gasteiger partial charge on any atom is -0.455 e. The maximum absolute atomic E-state index is 12.4. The van der Waals surface area contributed by atoms with Gasteiger partial charge in [-0.25, -0.2) is 0 Å². The van der Waals surface area contributed by atoms with E-state index in [1.54, 1.807) is 12.4 Å². The highest BCUT2D eigenvalue weighted by molar-refractivity contribution is 5.91. The SMILES string of the molecule is Cc1cc(NC(=O)CC(C)C2CCNCC2)ccc1Oc1cccnc1.Cl.Cl. The summed E-state index contributed by atoms with van der Waals surface area (Å²) in [6.45, 7) is 6.28. The van der Waals surface area contributed by atoms with Gasteiger partial charge in [0, 0.05) is 18.3 Å². The van der Waals surface area contributed by atoms with Gasteiger partial charge in [-0.3, -0.25) is 9.78 Å². The van der Waals surface area contributed by atoms with Crippen molar-refractivity contribution < 1.29 is 9.53 Å². The molecule has 1 saturated heterocycles. The number of aromatic nitrogens is 1. The molecule has 3 rings (SSSR count). The smallest absolute Gasteiger partial charge is 0.224 e. The lowest BCUT2D eigenvalue weighted by atomic mass is 9.84. The summed E-state index contributed by atoms with van der Waals surface area (Å²) in [5.74, 6) is 2.59. The van der Waals surface area contributed by atoms with Crippen molar-refractivity contribution in [2.45, 2.75) is 33.1 Å². The summed E-state index contributed by atoms with van der Waals surface area (Å²) in [6, 6.07) is 9.41. The molecule has 1 atom stereocenters. The van der Waals surface area contributed by atoms with Crippen molar-refractivity contribution in [1.29, 1.82) is 0 Å². The van der Waals surface area contributed by atoms with Crippen LogP contribution in [0.2, 0.25) is 0 Å². The largest absolute Gasteiger partial charge is 0.455 e. The number of nitrogens with zero attached hydrogens (tertiary/aromatic N) is 1. The first-order valence-electron chi connectivity index (χ1n) is 9.31. The van der Waals surface area contributed by atoms with Crippen LogP contribution >= 0.6 is 24.8 Å². The van der Waals surface area contributed by atoms with Crippen molar-refractivity contribution >= 4 is 36.4 Å². The average Bonchev–Trinajstić information content (AvgIpc) is 2.65. The Labute approximate surface area is 179 Å². The van der Waals surface area contributed by atoms with E-state index in [1.165, 1.54) is 0 Å². The molecule has 2 N–H and O–H groups in total. The predicted octanol–water partition coefficient (Wildman–Crippen LogP) is 4.99. The van der Waals surface area contributed by atoms with E-state index in [1.807, 2.05) is 37.3 Å². The number of rotatable bonds is 6. The first-order valence-corrected chi connectivity index (χ1v) is 9.31. The van der Waals surface area contributed by atoms with Crippen LogP contribution in [0.1, 0.15) is 31.7 Å². The number of anilines is 1. The number of piperidine rings is 1. The number of ether oxygens (including phenoxy) is 1. The minimum absolute atomic E-state index is 0. The van der Waals surface area contributed by atoms with Crippen LogP contribution in [0, 0.1) is 18.8 Å². The van der Waals surface area contributed by atoms with Gasteiger partial charge in [0.15, 0.2) is 0 Å². The van der Waals surface area contributed by atoms with E-state index >= 15 is 0 Å². The highest BCUT2D eigenvalue weighted by atomic mass is 35.5. The molecular formula is C21H29Cl2N3O2. The number of nitrogens with one attached hydrogen (secondary N) is 2. The lowest BCUT2D eigenvalue weighted by Gasteiger charge is -2.27. The van der Waals surface area contributed by atoms with E-state index in [2.05, 4.69) is 22.5 Å². The Kier molecular flexibility index (Phi) is 10.3. The molecule has 1 aromatic carbocycles. The Hall–Kier alpha value is -1.82. The number of hydrogen-bond donors (Lipinski definition) is 2. The molecule has 1 amide bonds. The lowest BCUT2D eigenvalue weighted by molar-refractivity contribution is -0.117. The van der Waals surface area contributed by atoms with E-state index in [0.29, 0.717) is 24.0 Å². The summed E-state index contributed by atoms with van der Waals surface area (Å²) in [5.41, 5.74) is 1.78. The van der Waals surface area contributed by atoms with Crippen molar-refractivity contribution in [2.75, 3.05) is 18.4 Å². The fourth-order valence-corrected chi connectivity index (χ4v) is 3.46. The number of hydrogen-bond acceptors (Lipinski definition) is 4. The summed E-state index contributed by atoms with van der Waals surface area (Å²) < 4.78 is 5.83. The van der Waals surface area contributed by atoms with Crippen molar-refractivity contribution in [3.8, 4) is 11.5 Å². The number of pyridine rings is 1. The molecular weight excluding hydrogens is 397 g/mol. The molecule has 5 nitrogen and oxygen atoms in total. The van der Waals surface area contributed by atoms with Crippen molar-refractivity contribution in [3.05, 3.63) is 48.3 Å². The minimum atomic E-state index is 0. The van der Waals surface area contributed by atoms with Gasteiger partial charge in [-0.1, -0.05) is 6.92 Å². The lowest BCUT2D eigenvalue weighted by Crippen LogP contribution is -2.32. The maximum Gasteiger partial charge on any atom is 0.224 e. The average molecular weight is 426 g/mol. The van der Waals surface area contributed by atoms with Crippen LogP contribution in [0.4, 0.5) is 5.69 Å². The Morgan fingerprint density at radius 1 is 1.29 bits per heavy atom. The monoisotopic (exact) mass is 425 g/mol. The summed E-state index contributed by atoms with van der Waals surface area (Å²) >= 11 is 0. The van der Waals surface area contributed by atoms with E-state index in [9.17, 15) is 4.79 Å². The van der Waals surface area contributed by atoms with Crippen LogP contribution in [0.25, 0.3) is 0 Å². The van der Waals surface area contributed by atoms with Gasteiger partial charge in [0.2, 0.25) is 5.91 Å². The molecule has 1 aliphatic rings. The molecule has 2 aromatic rings. The van der Waals surface area contributed by atoms with Crippen molar-refractivity contribution in [2.24, 2.45) is 11.8 Å². The van der Waals surface area contributed by atoms with Gasteiger partial charge in [0.25, 0.3) is 0 Å². The zero-order valence-electron chi connectivity index (χ0n) is 16.3. The van der Waals surface area contributed by atoms with Gasteiger partial charge >= 0.3 is 0 Å². The Bertz CT molecular complexity index is 738.